The number of benzene rings is 5. The number of ketones is 2. The fourth-order valence-electron chi connectivity index (χ4n) is 6.97. The number of rotatable bonds is 7. The highest BCUT2D eigenvalue weighted by Crippen LogP contribution is 2.61. The maximum atomic E-state index is 15.2. The van der Waals surface area contributed by atoms with Crippen molar-refractivity contribution in [2.45, 2.75) is 18.0 Å². The molecule has 0 saturated carbocycles. The van der Waals surface area contributed by atoms with Crippen LogP contribution < -0.4 is 10.2 Å². The molecule has 2 aliphatic heterocycles. The number of halogens is 1. The molecule has 45 heavy (non-hydrogen) atoms. The van der Waals surface area contributed by atoms with Crippen LogP contribution in [0.5, 0.6) is 0 Å². The molecule has 1 amide bonds. The average molecular weight is 672 g/mol. The summed E-state index contributed by atoms with van der Waals surface area (Å²) in [4.78, 5) is 47.1. The van der Waals surface area contributed by atoms with Gasteiger partial charge in [0.2, 0.25) is 0 Å². The number of carbonyl (C=O) groups is 3. The first-order valence-electron chi connectivity index (χ1n) is 14.6. The number of para-hydroxylation sites is 1. The van der Waals surface area contributed by atoms with E-state index in [1.54, 1.807) is 53.4 Å². The van der Waals surface area contributed by atoms with Gasteiger partial charge in [-0.25, -0.2) is 0 Å². The summed E-state index contributed by atoms with van der Waals surface area (Å²) in [6.07, 6.45) is 0. The highest BCUT2D eigenvalue weighted by molar-refractivity contribution is 9.10. The minimum Gasteiger partial charge on any atom is -0.360 e. The number of carbonyl (C=O) groups excluding carboxylic acids is 3. The summed E-state index contributed by atoms with van der Waals surface area (Å²) < 4.78 is 0.826. The molecule has 220 valence electrons. The Morgan fingerprint density at radius 3 is 1.80 bits per heavy atom. The van der Waals surface area contributed by atoms with Gasteiger partial charge in [0.25, 0.3) is 5.91 Å². The van der Waals surface area contributed by atoms with Crippen LogP contribution in [-0.2, 0) is 16.9 Å². The molecule has 1 spiro atoms. The van der Waals surface area contributed by atoms with Crippen molar-refractivity contribution in [3.8, 4) is 0 Å². The number of fused-ring (bicyclic) bond motifs is 2. The van der Waals surface area contributed by atoms with Crippen LogP contribution in [0.1, 0.15) is 43.3 Å². The summed E-state index contributed by atoms with van der Waals surface area (Å²) in [5.74, 6) is -2.19. The number of hydrogen-bond donors (Lipinski definition) is 1. The van der Waals surface area contributed by atoms with Crippen molar-refractivity contribution in [1.29, 1.82) is 0 Å². The SMILES string of the molecule is O=C(c1ccccc1)C1(C(=O)c2ccccc2)C(=S)NC2(C(=O)N(Cc3ccccc3)c3ccccc32)C1c1ccc(Br)cc1. The van der Waals surface area contributed by atoms with Crippen molar-refractivity contribution in [1.82, 2.24) is 5.32 Å². The van der Waals surface area contributed by atoms with Crippen molar-refractivity contribution in [2.75, 3.05) is 4.90 Å². The third-order valence-corrected chi connectivity index (χ3v) is 9.86. The Morgan fingerprint density at radius 2 is 1.22 bits per heavy atom. The fourth-order valence-corrected chi connectivity index (χ4v) is 7.70. The Balaban J connectivity index is 1.53. The number of nitrogens with one attached hydrogen (secondary N) is 1. The molecule has 0 bridgehead atoms. The van der Waals surface area contributed by atoms with Gasteiger partial charge in [-0.1, -0.05) is 149 Å². The van der Waals surface area contributed by atoms with Crippen LogP contribution in [0.25, 0.3) is 0 Å². The van der Waals surface area contributed by atoms with E-state index in [0.717, 1.165) is 10.0 Å². The Kier molecular flexibility index (Phi) is 7.30. The Hall–Kier alpha value is -4.72. The van der Waals surface area contributed by atoms with E-state index in [2.05, 4.69) is 21.2 Å². The molecule has 5 nitrogen and oxygen atoms in total. The molecule has 2 heterocycles. The molecule has 5 aromatic carbocycles. The number of amides is 1. The molecule has 2 aliphatic rings. The second kappa shape index (κ2) is 11.3. The van der Waals surface area contributed by atoms with Crippen LogP contribution >= 0.6 is 28.1 Å². The number of thiocarbonyl (C=S) groups is 1. The highest BCUT2D eigenvalue weighted by Gasteiger charge is 2.73. The topological polar surface area (TPSA) is 66.5 Å². The first kappa shape index (κ1) is 29.0. The van der Waals surface area contributed by atoms with Crippen LogP contribution in [0.4, 0.5) is 5.69 Å². The summed E-state index contributed by atoms with van der Waals surface area (Å²) in [7, 11) is 0. The minimum atomic E-state index is -1.93. The van der Waals surface area contributed by atoms with Crippen molar-refractivity contribution in [3.05, 3.63) is 172 Å². The zero-order valence-corrected chi connectivity index (χ0v) is 26.4. The zero-order chi connectivity index (χ0) is 31.2. The molecular formula is C38H27BrN2O3S. The lowest BCUT2D eigenvalue weighted by Crippen LogP contribution is -2.52. The molecule has 0 aromatic heterocycles. The summed E-state index contributed by atoms with van der Waals surface area (Å²) in [5, 5.41) is 3.39. The number of hydrogen-bond acceptors (Lipinski definition) is 4. The molecule has 2 atom stereocenters. The zero-order valence-electron chi connectivity index (χ0n) is 24.0. The second-order valence-electron chi connectivity index (χ2n) is 11.3. The summed E-state index contributed by atoms with van der Waals surface area (Å²) in [5.41, 5.74) is 0.177. The van der Waals surface area contributed by atoms with Crippen LogP contribution in [0.15, 0.2) is 144 Å². The quantitative estimate of drug-likeness (QED) is 0.109. The Morgan fingerprint density at radius 1 is 0.711 bits per heavy atom. The lowest BCUT2D eigenvalue weighted by molar-refractivity contribution is -0.124. The summed E-state index contributed by atoms with van der Waals surface area (Å²) >= 11 is 9.67. The van der Waals surface area contributed by atoms with Crippen molar-refractivity contribution < 1.29 is 14.4 Å². The van der Waals surface area contributed by atoms with Crippen LogP contribution in [0.2, 0.25) is 0 Å². The molecule has 7 heteroatoms. The molecular weight excluding hydrogens is 644 g/mol. The first-order valence-corrected chi connectivity index (χ1v) is 15.8. The lowest BCUT2D eigenvalue weighted by atomic mass is 9.59. The molecule has 1 saturated heterocycles. The normalized spacial score (nSPS) is 19.8. The maximum Gasteiger partial charge on any atom is 0.258 e. The van der Waals surface area contributed by atoms with Crippen LogP contribution in [0.3, 0.4) is 0 Å². The van der Waals surface area contributed by atoms with Gasteiger partial charge < -0.3 is 10.2 Å². The highest BCUT2D eigenvalue weighted by atomic mass is 79.9. The van der Waals surface area contributed by atoms with E-state index in [4.69, 9.17) is 12.2 Å². The molecule has 1 fully saturated rings. The van der Waals surface area contributed by atoms with Gasteiger partial charge in [-0.3, -0.25) is 14.4 Å². The van der Waals surface area contributed by atoms with Gasteiger partial charge in [-0.05, 0) is 29.3 Å². The number of Topliss-reactive ketones (excluding diaryl/α,β-unsaturated/α-hetero) is 2. The van der Waals surface area contributed by atoms with Crippen LogP contribution in [-0.4, -0.2) is 22.5 Å². The number of anilines is 1. The summed E-state index contributed by atoms with van der Waals surface area (Å²) in [6.45, 7) is 0.312. The molecule has 2 unspecified atom stereocenters. The van der Waals surface area contributed by atoms with E-state index in [9.17, 15) is 0 Å². The van der Waals surface area contributed by atoms with E-state index in [-0.39, 0.29) is 10.9 Å². The molecule has 0 aliphatic carbocycles. The fraction of sp³-hybridized carbons (Fsp3) is 0.105. The number of nitrogens with zero attached hydrogens (tertiary/aromatic N) is 1. The second-order valence-corrected chi connectivity index (χ2v) is 12.7. The van der Waals surface area contributed by atoms with Gasteiger partial charge in [-0.15, -0.1) is 0 Å². The van der Waals surface area contributed by atoms with E-state index in [1.165, 1.54) is 0 Å². The van der Waals surface area contributed by atoms with Gasteiger partial charge in [0.05, 0.1) is 17.2 Å². The molecule has 1 N–H and O–H groups in total. The van der Waals surface area contributed by atoms with E-state index < -0.39 is 28.4 Å². The van der Waals surface area contributed by atoms with Gasteiger partial charge >= 0.3 is 0 Å². The third-order valence-electron chi connectivity index (χ3n) is 8.91. The standard InChI is InChI=1S/C38H27BrN2O3S/c39-29-22-20-26(21-23-29)32-37(33(42)27-14-6-2-7-15-27,34(43)28-16-8-3-9-17-28)35(45)40-38(32)30-18-10-11-19-31(30)41(36(38)44)24-25-12-4-1-5-13-25/h1-23,32H,24H2,(H,40,45). The van der Waals surface area contributed by atoms with E-state index in [0.29, 0.717) is 34.5 Å². The predicted octanol–water partition coefficient (Wildman–Crippen LogP) is 7.66. The monoisotopic (exact) mass is 670 g/mol. The maximum absolute atomic E-state index is 15.2. The first-order chi connectivity index (χ1) is 21.9. The summed E-state index contributed by atoms with van der Waals surface area (Å²) in [6, 6.07) is 42.3. The minimum absolute atomic E-state index is 0.0304. The Labute approximate surface area is 275 Å². The van der Waals surface area contributed by atoms with Gasteiger partial charge in [0.15, 0.2) is 22.5 Å². The van der Waals surface area contributed by atoms with Gasteiger partial charge in [0, 0.05) is 27.1 Å². The van der Waals surface area contributed by atoms with E-state index >= 15 is 14.4 Å². The van der Waals surface area contributed by atoms with Crippen molar-refractivity contribution in [2.24, 2.45) is 5.41 Å². The van der Waals surface area contributed by atoms with Crippen molar-refractivity contribution in [3.63, 3.8) is 0 Å². The predicted molar refractivity (Wildman–Crippen MR) is 182 cm³/mol. The molecule has 0 radical (unpaired) electrons. The van der Waals surface area contributed by atoms with Crippen molar-refractivity contribution >= 4 is 56.3 Å². The molecule has 7 rings (SSSR count). The lowest BCUT2D eigenvalue weighted by Gasteiger charge is -2.37. The third kappa shape index (κ3) is 4.41. The van der Waals surface area contributed by atoms with Crippen LogP contribution in [0, 0.1) is 5.41 Å². The van der Waals surface area contributed by atoms with Gasteiger partial charge in [0.1, 0.15) is 0 Å². The van der Waals surface area contributed by atoms with Gasteiger partial charge in [-0.2, -0.15) is 0 Å². The average Bonchev–Trinajstić information content (AvgIpc) is 3.49. The largest absolute Gasteiger partial charge is 0.360 e. The molecule has 5 aromatic rings. The van der Waals surface area contributed by atoms with E-state index in [1.807, 2.05) is 91.0 Å². The smallest absolute Gasteiger partial charge is 0.258 e. The Bertz CT molecular complexity index is 1900.